The average Bonchev–Trinajstić information content (AvgIpc) is 2.33. The highest BCUT2D eigenvalue weighted by atomic mass is 19.4. The first-order chi connectivity index (χ1) is 11.1. The third-order valence-electron chi connectivity index (χ3n) is 2.84. The summed E-state index contributed by atoms with van der Waals surface area (Å²) < 4.78 is 148. The Hall–Kier alpha value is -1.38. The van der Waals surface area contributed by atoms with Crippen molar-refractivity contribution in [2.75, 3.05) is 0 Å². The summed E-state index contributed by atoms with van der Waals surface area (Å²) in [5.74, 6) is -15.6. The molecule has 0 amide bonds. The van der Waals surface area contributed by atoms with Crippen LogP contribution in [0.4, 0.5) is 48.3 Å². The van der Waals surface area contributed by atoms with E-state index in [-0.39, 0.29) is 0 Å². The Morgan fingerprint density at radius 3 is 1.46 bits per heavy atom. The zero-order valence-corrected chi connectivity index (χ0v) is 12.9. The molecule has 0 bridgehead atoms. The number of carbonyl (C=O) groups is 1. The molecule has 0 aromatic carbocycles. The zero-order chi connectivity index (χ0) is 21.6. The first kappa shape index (κ1) is 24.6. The van der Waals surface area contributed by atoms with E-state index in [2.05, 4.69) is 4.74 Å². The molecule has 15 heteroatoms. The van der Waals surface area contributed by atoms with Gasteiger partial charge in [0.05, 0.1) is 0 Å². The molecule has 26 heavy (non-hydrogen) atoms. The predicted octanol–water partition coefficient (Wildman–Crippen LogP) is 4.49. The van der Waals surface area contributed by atoms with Crippen LogP contribution in [0.15, 0.2) is 0 Å². The molecule has 0 spiro atoms. The van der Waals surface area contributed by atoms with Crippen LogP contribution in [0.2, 0.25) is 0 Å². The molecule has 0 aromatic rings. The molecule has 0 heterocycles. The number of carboxylic acids is 1. The van der Waals surface area contributed by atoms with Crippen LogP contribution in [0.5, 0.6) is 0 Å². The molecule has 0 rings (SSSR count). The van der Waals surface area contributed by atoms with E-state index in [0.29, 0.717) is 20.8 Å². The molecule has 4 nitrogen and oxygen atoms in total. The number of halogens is 11. The van der Waals surface area contributed by atoms with Crippen molar-refractivity contribution in [3.63, 3.8) is 0 Å². The lowest BCUT2D eigenvalue weighted by molar-refractivity contribution is -0.522. The summed E-state index contributed by atoms with van der Waals surface area (Å²) in [6.07, 6.45) is -24.8. The number of hydrogen-bond acceptors (Lipinski definition) is 3. The number of aliphatic carboxylic acids is 1. The van der Waals surface area contributed by atoms with E-state index in [1.165, 1.54) is 0 Å². The van der Waals surface area contributed by atoms with Crippen LogP contribution in [-0.4, -0.2) is 47.6 Å². The van der Waals surface area contributed by atoms with Crippen molar-refractivity contribution in [1.82, 2.24) is 0 Å². The largest absolute Gasteiger partial charge is 0.475 e. The highest BCUT2D eigenvalue weighted by Gasteiger charge is 2.80. The Kier molecular flexibility index (Phi) is 6.30. The molecule has 0 radical (unpaired) electrons. The number of rotatable bonds is 7. The monoisotopic (exact) mass is 416 g/mol. The maximum absolute atomic E-state index is 14.1. The van der Waals surface area contributed by atoms with Gasteiger partial charge in [0.2, 0.25) is 0 Å². The first-order valence-electron chi connectivity index (χ1n) is 6.17. The highest BCUT2D eigenvalue weighted by Crippen LogP contribution is 2.53. The van der Waals surface area contributed by atoms with Gasteiger partial charge in [-0.25, -0.2) is 18.0 Å². The standard InChI is InChI=1S/C11H11F11O4/c1-6(2,3)7(14,4(12)13)25-11(21,22)9(17,10(18,19)20)26-8(15,16)5(23)24/h4H,1-3H3,(H,23,24). The van der Waals surface area contributed by atoms with Crippen LogP contribution in [0.1, 0.15) is 20.8 Å². The molecule has 1 N–H and O–H groups in total. The first-order valence-corrected chi connectivity index (χ1v) is 6.17. The van der Waals surface area contributed by atoms with Crippen LogP contribution in [0.3, 0.4) is 0 Å². The second-order valence-electron chi connectivity index (χ2n) is 5.83. The normalized spacial score (nSPS) is 19.2. The SMILES string of the molecule is CC(C)(C)C(F)(OC(F)(F)C(F)(OC(F)(F)C(=O)O)C(F)(F)F)C(F)F. The van der Waals surface area contributed by atoms with Crippen molar-refractivity contribution in [3.8, 4) is 0 Å². The van der Waals surface area contributed by atoms with Crippen LogP contribution in [0.25, 0.3) is 0 Å². The van der Waals surface area contributed by atoms with Gasteiger partial charge < -0.3 is 5.11 Å². The lowest BCUT2D eigenvalue weighted by Crippen LogP contribution is -2.65. The Bertz CT molecular complexity index is 527. The molecule has 0 aromatic heterocycles. The smallest absolute Gasteiger partial charge is 0.459 e. The van der Waals surface area contributed by atoms with Gasteiger partial charge in [0.15, 0.2) is 0 Å². The van der Waals surface area contributed by atoms with Crippen molar-refractivity contribution in [2.45, 2.75) is 57.3 Å². The van der Waals surface area contributed by atoms with Gasteiger partial charge in [-0.3, -0.25) is 9.47 Å². The molecular weight excluding hydrogens is 405 g/mol. The molecule has 2 atom stereocenters. The van der Waals surface area contributed by atoms with Crippen LogP contribution < -0.4 is 0 Å². The predicted molar refractivity (Wildman–Crippen MR) is 58.9 cm³/mol. The van der Waals surface area contributed by atoms with Crippen molar-refractivity contribution in [1.29, 1.82) is 0 Å². The molecule has 0 aliphatic rings. The number of carboxylic acid groups (broad SMARTS) is 1. The van der Waals surface area contributed by atoms with Gasteiger partial charge in [0.1, 0.15) is 0 Å². The fraction of sp³-hybridized carbons (Fsp3) is 0.909. The Morgan fingerprint density at radius 1 is 0.846 bits per heavy atom. The lowest BCUT2D eigenvalue weighted by atomic mass is 9.86. The summed E-state index contributed by atoms with van der Waals surface area (Å²) in [6, 6.07) is 0. The number of hydrogen-bond donors (Lipinski definition) is 1. The molecule has 0 aliphatic carbocycles. The molecule has 0 aliphatic heterocycles. The van der Waals surface area contributed by atoms with Crippen LogP contribution >= 0.6 is 0 Å². The van der Waals surface area contributed by atoms with Crippen molar-refractivity contribution < 1.29 is 67.7 Å². The summed E-state index contributed by atoms with van der Waals surface area (Å²) >= 11 is 0. The summed E-state index contributed by atoms with van der Waals surface area (Å²) in [5, 5.41) is 7.90. The lowest BCUT2D eigenvalue weighted by Gasteiger charge is -2.42. The summed E-state index contributed by atoms with van der Waals surface area (Å²) in [4.78, 5) is 10.0. The van der Waals surface area contributed by atoms with Crippen molar-refractivity contribution >= 4 is 5.97 Å². The summed E-state index contributed by atoms with van der Waals surface area (Å²) in [6.45, 7) is 1.32. The Morgan fingerprint density at radius 2 is 1.23 bits per heavy atom. The van der Waals surface area contributed by atoms with Gasteiger partial charge in [-0.1, -0.05) is 20.8 Å². The summed E-state index contributed by atoms with van der Waals surface area (Å²) in [7, 11) is 0. The zero-order valence-electron chi connectivity index (χ0n) is 12.9. The second kappa shape index (κ2) is 6.65. The molecule has 2 unspecified atom stereocenters. The Labute approximate surface area is 137 Å². The minimum absolute atomic E-state index is 0.440. The third kappa shape index (κ3) is 4.29. The van der Waals surface area contributed by atoms with Gasteiger partial charge in [0, 0.05) is 5.41 Å². The van der Waals surface area contributed by atoms with E-state index in [1.807, 2.05) is 4.74 Å². The van der Waals surface area contributed by atoms with E-state index in [1.54, 1.807) is 0 Å². The molecular formula is C11H11F11O4. The third-order valence-corrected chi connectivity index (χ3v) is 2.84. The number of ether oxygens (including phenoxy) is 2. The van der Waals surface area contributed by atoms with Gasteiger partial charge in [-0.05, 0) is 0 Å². The van der Waals surface area contributed by atoms with Crippen LogP contribution in [-0.2, 0) is 14.3 Å². The fourth-order valence-corrected chi connectivity index (χ4v) is 1.28. The molecule has 0 saturated carbocycles. The van der Waals surface area contributed by atoms with E-state index < -0.39 is 47.9 Å². The topological polar surface area (TPSA) is 55.8 Å². The fourth-order valence-electron chi connectivity index (χ4n) is 1.28. The quantitative estimate of drug-likeness (QED) is 0.622. The van der Waals surface area contributed by atoms with Gasteiger partial charge in [-0.2, -0.15) is 35.1 Å². The molecule has 156 valence electrons. The minimum Gasteiger partial charge on any atom is -0.475 e. The van der Waals surface area contributed by atoms with E-state index in [9.17, 15) is 53.1 Å². The van der Waals surface area contributed by atoms with Gasteiger partial charge >= 0.3 is 30.2 Å². The van der Waals surface area contributed by atoms with E-state index in [0.717, 1.165) is 0 Å². The Balaban J connectivity index is 6.31. The average molecular weight is 416 g/mol. The number of alkyl halides is 11. The maximum Gasteiger partial charge on any atom is 0.459 e. The van der Waals surface area contributed by atoms with Gasteiger partial charge in [-0.15, -0.1) is 0 Å². The molecule has 0 saturated heterocycles. The van der Waals surface area contributed by atoms with Crippen molar-refractivity contribution in [3.05, 3.63) is 0 Å². The highest BCUT2D eigenvalue weighted by molar-refractivity contribution is 5.73. The molecule has 0 fully saturated rings. The summed E-state index contributed by atoms with van der Waals surface area (Å²) in [5.41, 5.74) is -2.72. The van der Waals surface area contributed by atoms with E-state index in [4.69, 9.17) is 5.11 Å². The maximum atomic E-state index is 14.1. The van der Waals surface area contributed by atoms with Crippen LogP contribution in [0, 0.1) is 5.41 Å². The van der Waals surface area contributed by atoms with E-state index >= 15 is 0 Å². The van der Waals surface area contributed by atoms with Crippen molar-refractivity contribution in [2.24, 2.45) is 5.41 Å². The van der Waals surface area contributed by atoms with Gasteiger partial charge in [0.25, 0.3) is 12.3 Å². The minimum atomic E-state index is -7.16. The second-order valence-corrected chi connectivity index (χ2v) is 5.83.